The first kappa shape index (κ1) is 12.4. The van der Waals surface area contributed by atoms with Crippen molar-refractivity contribution in [1.29, 1.82) is 0 Å². The predicted molar refractivity (Wildman–Crippen MR) is 58.4 cm³/mol. The van der Waals surface area contributed by atoms with Crippen LogP contribution in [0.15, 0.2) is 18.5 Å². The molecule has 0 fully saturated rings. The maximum Gasteiger partial charge on any atom is 0.326 e. The maximum atomic E-state index is 11.8. The van der Waals surface area contributed by atoms with Gasteiger partial charge in [-0.1, -0.05) is 11.6 Å². The van der Waals surface area contributed by atoms with Gasteiger partial charge in [0.15, 0.2) is 0 Å². The summed E-state index contributed by atoms with van der Waals surface area (Å²) in [6, 6.07) is 0.567. The van der Waals surface area contributed by atoms with Crippen LogP contribution in [0.2, 0.25) is 5.02 Å². The van der Waals surface area contributed by atoms with Gasteiger partial charge in [-0.25, -0.2) is 4.79 Å². The highest BCUT2D eigenvalue weighted by molar-refractivity contribution is 6.33. The molecule has 0 saturated heterocycles. The fourth-order valence-corrected chi connectivity index (χ4v) is 1.25. The first-order valence-electron chi connectivity index (χ1n) is 4.54. The third-order valence-electron chi connectivity index (χ3n) is 2.26. The van der Waals surface area contributed by atoms with Crippen LogP contribution in [0, 0.1) is 0 Å². The third-order valence-corrected chi connectivity index (χ3v) is 2.59. The second-order valence-electron chi connectivity index (χ2n) is 3.29. The Hall–Kier alpha value is -1.62. The van der Waals surface area contributed by atoms with Crippen molar-refractivity contribution in [3.63, 3.8) is 0 Å². The van der Waals surface area contributed by atoms with Crippen LogP contribution in [-0.4, -0.2) is 40.0 Å². The van der Waals surface area contributed by atoms with Gasteiger partial charge in [0.25, 0.3) is 5.91 Å². The van der Waals surface area contributed by atoms with Crippen LogP contribution < -0.4 is 0 Å². The molecule has 1 heterocycles. The second-order valence-corrected chi connectivity index (χ2v) is 3.69. The van der Waals surface area contributed by atoms with Crippen molar-refractivity contribution in [3.8, 4) is 0 Å². The van der Waals surface area contributed by atoms with Gasteiger partial charge in [0.05, 0.1) is 10.6 Å². The number of pyridine rings is 1. The van der Waals surface area contributed by atoms with Gasteiger partial charge < -0.3 is 10.0 Å². The van der Waals surface area contributed by atoms with Crippen molar-refractivity contribution >= 4 is 23.5 Å². The summed E-state index contributed by atoms with van der Waals surface area (Å²) in [6.07, 6.45) is 2.77. The molecule has 1 rings (SSSR count). The minimum Gasteiger partial charge on any atom is -0.480 e. The topological polar surface area (TPSA) is 70.5 Å². The number of amides is 1. The molecule has 0 aliphatic carbocycles. The van der Waals surface area contributed by atoms with Gasteiger partial charge in [0, 0.05) is 19.4 Å². The van der Waals surface area contributed by atoms with E-state index in [0.29, 0.717) is 0 Å². The van der Waals surface area contributed by atoms with Crippen molar-refractivity contribution in [2.75, 3.05) is 7.05 Å². The molecule has 5 nitrogen and oxygen atoms in total. The molecule has 1 atom stereocenters. The van der Waals surface area contributed by atoms with Crippen LogP contribution in [0.25, 0.3) is 0 Å². The number of carboxylic acid groups (broad SMARTS) is 1. The van der Waals surface area contributed by atoms with Crippen LogP contribution in [-0.2, 0) is 4.79 Å². The number of aromatic nitrogens is 1. The maximum absolute atomic E-state index is 11.8. The summed E-state index contributed by atoms with van der Waals surface area (Å²) in [5.41, 5.74) is 0.194. The number of aliphatic carboxylic acids is 1. The lowest BCUT2D eigenvalue weighted by atomic mass is 10.2. The highest BCUT2D eigenvalue weighted by atomic mass is 35.5. The standard InChI is InChI=1S/C10H11ClN2O3/c1-6(10(15)16)13(2)9(14)7-5-12-4-3-8(7)11/h3-6H,1-2H3,(H,15,16). The van der Waals surface area contributed by atoms with Crippen molar-refractivity contribution in [2.24, 2.45) is 0 Å². The van der Waals surface area contributed by atoms with E-state index >= 15 is 0 Å². The number of hydrogen-bond donors (Lipinski definition) is 1. The quantitative estimate of drug-likeness (QED) is 0.867. The summed E-state index contributed by atoms with van der Waals surface area (Å²) in [7, 11) is 1.41. The Balaban J connectivity index is 2.95. The van der Waals surface area contributed by atoms with Crippen LogP contribution in [0.5, 0.6) is 0 Å². The Morgan fingerprint density at radius 1 is 1.56 bits per heavy atom. The van der Waals surface area contributed by atoms with Gasteiger partial charge in [-0.15, -0.1) is 0 Å². The molecule has 0 aliphatic rings. The van der Waals surface area contributed by atoms with Crippen LogP contribution >= 0.6 is 11.6 Å². The fraction of sp³-hybridized carbons (Fsp3) is 0.300. The van der Waals surface area contributed by atoms with Crippen LogP contribution in [0.4, 0.5) is 0 Å². The average molecular weight is 243 g/mol. The molecule has 1 aromatic heterocycles. The van der Waals surface area contributed by atoms with E-state index < -0.39 is 17.9 Å². The van der Waals surface area contributed by atoms with Gasteiger partial charge in [0.1, 0.15) is 6.04 Å². The zero-order valence-electron chi connectivity index (χ0n) is 8.85. The minimum absolute atomic E-state index is 0.194. The van der Waals surface area contributed by atoms with Crippen LogP contribution in [0.3, 0.4) is 0 Å². The molecule has 1 aromatic rings. The monoisotopic (exact) mass is 242 g/mol. The molecular formula is C10H11ClN2O3. The minimum atomic E-state index is -1.07. The van der Waals surface area contributed by atoms with Crippen molar-refractivity contribution in [2.45, 2.75) is 13.0 Å². The Morgan fingerprint density at radius 3 is 2.69 bits per heavy atom. The second kappa shape index (κ2) is 4.94. The molecule has 1 amide bonds. The summed E-state index contributed by atoms with van der Waals surface area (Å²) in [5, 5.41) is 9.03. The van der Waals surface area contributed by atoms with E-state index in [0.717, 1.165) is 4.90 Å². The zero-order valence-corrected chi connectivity index (χ0v) is 9.60. The number of rotatable bonds is 3. The summed E-state index contributed by atoms with van der Waals surface area (Å²) < 4.78 is 0. The van der Waals surface area contributed by atoms with Gasteiger partial charge in [-0.2, -0.15) is 0 Å². The number of hydrogen-bond acceptors (Lipinski definition) is 3. The average Bonchev–Trinajstić information content (AvgIpc) is 2.26. The Bertz CT molecular complexity index is 422. The van der Waals surface area contributed by atoms with Crippen molar-refractivity contribution in [1.82, 2.24) is 9.88 Å². The third kappa shape index (κ3) is 2.49. The largest absolute Gasteiger partial charge is 0.480 e. The van der Waals surface area contributed by atoms with E-state index in [-0.39, 0.29) is 10.6 Å². The van der Waals surface area contributed by atoms with Gasteiger partial charge in [-0.05, 0) is 13.0 Å². The first-order chi connectivity index (χ1) is 7.45. The van der Waals surface area contributed by atoms with Crippen LogP contribution in [0.1, 0.15) is 17.3 Å². The summed E-state index contributed by atoms with van der Waals surface area (Å²) in [5.74, 6) is -1.54. The van der Waals surface area contributed by atoms with E-state index in [1.54, 1.807) is 0 Å². The Labute approximate surface area is 97.7 Å². The molecule has 0 aromatic carbocycles. The van der Waals surface area contributed by atoms with Gasteiger partial charge in [0.2, 0.25) is 0 Å². The number of carboxylic acids is 1. The van der Waals surface area contributed by atoms with Crippen molar-refractivity contribution in [3.05, 3.63) is 29.0 Å². The van der Waals surface area contributed by atoms with Crippen molar-refractivity contribution < 1.29 is 14.7 Å². The molecule has 0 spiro atoms. The Kier molecular flexibility index (Phi) is 3.84. The highest BCUT2D eigenvalue weighted by Crippen LogP contribution is 2.16. The molecule has 1 N–H and O–H groups in total. The number of carbonyl (C=O) groups is 2. The molecule has 6 heteroatoms. The number of carbonyl (C=O) groups excluding carboxylic acids is 1. The van der Waals surface area contributed by atoms with E-state index in [1.807, 2.05) is 0 Å². The number of likely N-dealkylation sites (N-methyl/N-ethyl adjacent to an activating group) is 1. The van der Waals surface area contributed by atoms with E-state index in [1.165, 1.54) is 32.4 Å². The summed E-state index contributed by atoms with van der Waals surface area (Å²) in [4.78, 5) is 27.4. The summed E-state index contributed by atoms with van der Waals surface area (Å²) in [6.45, 7) is 1.42. The lowest BCUT2D eigenvalue weighted by Crippen LogP contribution is -2.40. The first-order valence-corrected chi connectivity index (χ1v) is 4.92. The zero-order chi connectivity index (χ0) is 12.3. The van der Waals surface area contributed by atoms with E-state index in [4.69, 9.17) is 16.7 Å². The molecule has 0 bridgehead atoms. The number of nitrogens with zero attached hydrogens (tertiary/aromatic N) is 2. The molecular weight excluding hydrogens is 232 g/mol. The molecule has 0 aliphatic heterocycles. The molecule has 86 valence electrons. The molecule has 1 unspecified atom stereocenters. The molecule has 0 radical (unpaired) electrons. The van der Waals surface area contributed by atoms with E-state index in [2.05, 4.69) is 4.98 Å². The Morgan fingerprint density at radius 2 is 2.19 bits per heavy atom. The normalized spacial score (nSPS) is 11.9. The highest BCUT2D eigenvalue weighted by Gasteiger charge is 2.24. The van der Waals surface area contributed by atoms with Gasteiger partial charge in [-0.3, -0.25) is 9.78 Å². The lowest BCUT2D eigenvalue weighted by molar-refractivity contribution is -0.141. The summed E-state index contributed by atoms with van der Waals surface area (Å²) >= 11 is 5.81. The lowest BCUT2D eigenvalue weighted by Gasteiger charge is -2.21. The fourth-order valence-electron chi connectivity index (χ4n) is 1.07. The predicted octanol–water partition coefficient (Wildman–Crippen LogP) is 1.28. The smallest absolute Gasteiger partial charge is 0.326 e. The molecule has 16 heavy (non-hydrogen) atoms. The number of halogens is 1. The van der Waals surface area contributed by atoms with Gasteiger partial charge >= 0.3 is 5.97 Å². The SMILES string of the molecule is CC(C(=O)O)N(C)C(=O)c1cnccc1Cl. The molecule has 0 saturated carbocycles. The van der Waals surface area contributed by atoms with E-state index in [9.17, 15) is 9.59 Å².